The van der Waals surface area contributed by atoms with Crippen LogP contribution in [0.3, 0.4) is 0 Å². The van der Waals surface area contributed by atoms with Crippen molar-refractivity contribution in [3.63, 3.8) is 0 Å². The number of rotatable bonds is 6. The van der Waals surface area contributed by atoms with E-state index < -0.39 is 0 Å². The number of H-pyrrole nitrogens is 1. The molecular formula is C24H21N7O2. The number of hydrogen-bond acceptors (Lipinski definition) is 6. The third kappa shape index (κ3) is 4.11. The molecule has 0 atom stereocenters. The van der Waals surface area contributed by atoms with Crippen LogP contribution in [0.4, 0.5) is 11.6 Å². The van der Waals surface area contributed by atoms with E-state index in [0.717, 1.165) is 28.0 Å². The molecule has 5 rings (SSSR count). The van der Waals surface area contributed by atoms with Crippen LogP contribution >= 0.6 is 0 Å². The Morgan fingerprint density at radius 1 is 1.03 bits per heavy atom. The van der Waals surface area contributed by atoms with Gasteiger partial charge in [0.1, 0.15) is 17.2 Å². The van der Waals surface area contributed by atoms with Crippen LogP contribution in [0.1, 0.15) is 10.5 Å². The van der Waals surface area contributed by atoms with Gasteiger partial charge < -0.3 is 19.9 Å². The molecule has 3 aromatic heterocycles. The topological polar surface area (TPSA) is 110 Å². The number of aromatic nitrogens is 5. The lowest BCUT2D eigenvalue weighted by atomic mass is 10.1. The molecule has 0 saturated heterocycles. The van der Waals surface area contributed by atoms with E-state index in [-0.39, 0.29) is 11.6 Å². The summed E-state index contributed by atoms with van der Waals surface area (Å²) in [5.41, 5.74) is 4.91. The van der Waals surface area contributed by atoms with Gasteiger partial charge >= 0.3 is 0 Å². The van der Waals surface area contributed by atoms with Crippen molar-refractivity contribution in [3.05, 3.63) is 78.8 Å². The van der Waals surface area contributed by atoms with Crippen molar-refractivity contribution < 1.29 is 9.53 Å². The number of nitrogens with zero attached hydrogens (tertiary/aromatic N) is 4. The van der Waals surface area contributed by atoms with E-state index in [1.807, 2.05) is 60.1 Å². The Balaban J connectivity index is 1.40. The molecule has 0 aliphatic rings. The molecule has 3 N–H and O–H groups in total. The minimum absolute atomic E-state index is 0.270. The number of ether oxygens (including phenoxy) is 1. The van der Waals surface area contributed by atoms with Crippen molar-refractivity contribution >= 4 is 28.6 Å². The van der Waals surface area contributed by atoms with Crippen LogP contribution < -0.4 is 15.4 Å². The quantitative estimate of drug-likeness (QED) is 0.365. The molecule has 0 unspecified atom stereocenters. The first kappa shape index (κ1) is 20.3. The van der Waals surface area contributed by atoms with Gasteiger partial charge in [-0.25, -0.2) is 4.98 Å². The first-order valence-electron chi connectivity index (χ1n) is 10.3. The van der Waals surface area contributed by atoms with Crippen LogP contribution in [0.2, 0.25) is 0 Å². The van der Waals surface area contributed by atoms with Crippen molar-refractivity contribution in [2.75, 3.05) is 12.4 Å². The fourth-order valence-corrected chi connectivity index (χ4v) is 3.53. The molecule has 0 radical (unpaired) electrons. The number of hydrogen-bond donors (Lipinski definition) is 3. The van der Waals surface area contributed by atoms with E-state index in [1.165, 1.54) is 0 Å². The fourth-order valence-electron chi connectivity index (χ4n) is 3.53. The van der Waals surface area contributed by atoms with Gasteiger partial charge in [-0.1, -0.05) is 12.1 Å². The molecular weight excluding hydrogens is 418 g/mol. The summed E-state index contributed by atoms with van der Waals surface area (Å²) in [6.45, 7) is 0. The first-order chi connectivity index (χ1) is 16.1. The molecule has 0 aliphatic heterocycles. The Kier molecular flexibility index (Phi) is 5.19. The van der Waals surface area contributed by atoms with Crippen LogP contribution in [-0.4, -0.2) is 37.7 Å². The van der Waals surface area contributed by atoms with Gasteiger partial charge in [-0.15, -0.1) is 0 Å². The van der Waals surface area contributed by atoms with Crippen LogP contribution in [0.15, 0.2) is 73.1 Å². The Bertz CT molecular complexity index is 1440. The van der Waals surface area contributed by atoms with Crippen molar-refractivity contribution in [2.45, 2.75) is 0 Å². The summed E-state index contributed by atoms with van der Waals surface area (Å²) >= 11 is 0. The largest absolute Gasteiger partial charge is 0.457 e. The van der Waals surface area contributed by atoms with Crippen LogP contribution in [0.5, 0.6) is 11.5 Å². The standard InChI is InChI=1S/C24H21N7O2/c1-25-23(32)21-14-18(8-10-26-21)33-17-6-7-22-20(13-17)29-24(31(22)2)28-16-5-3-4-15(12-16)19-9-11-27-30-19/h3-14H,1-2H3,(H,25,32)(H,27,30)(H,28,29). The predicted molar refractivity (Wildman–Crippen MR) is 126 cm³/mol. The van der Waals surface area contributed by atoms with Crippen molar-refractivity contribution in [3.8, 4) is 22.8 Å². The van der Waals surface area contributed by atoms with Gasteiger partial charge in [0.05, 0.1) is 16.7 Å². The van der Waals surface area contributed by atoms with E-state index in [1.54, 1.807) is 31.6 Å². The second-order valence-electron chi connectivity index (χ2n) is 7.38. The Hall–Kier alpha value is -4.66. The zero-order valence-electron chi connectivity index (χ0n) is 18.0. The molecule has 2 aromatic carbocycles. The molecule has 0 aliphatic carbocycles. The van der Waals surface area contributed by atoms with Crippen molar-refractivity contribution in [2.24, 2.45) is 7.05 Å². The van der Waals surface area contributed by atoms with Gasteiger partial charge in [0.2, 0.25) is 5.95 Å². The highest BCUT2D eigenvalue weighted by molar-refractivity contribution is 5.92. The lowest BCUT2D eigenvalue weighted by Gasteiger charge is -2.08. The number of carbonyl (C=O) groups excluding carboxylic acids is 1. The van der Waals surface area contributed by atoms with Crippen molar-refractivity contribution in [1.82, 2.24) is 30.0 Å². The Morgan fingerprint density at radius 2 is 1.91 bits per heavy atom. The highest BCUT2D eigenvalue weighted by Gasteiger charge is 2.11. The molecule has 33 heavy (non-hydrogen) atoms. The summed E-state index contributed by atoms with van der Waals surface area (Å²) in [7, 11) is 3.52. The average Bonchev–Trinajstić information content (AvgIpc) is 3.48. The number of aromatic amines is 1. The van der Waals surface area contributed by atoms with E-state index in [9.17, 15) is 4.79 Å². The number of aryl methyl sites for hydroxylation is 1. The van der Waals surface area contributed by atoms with Gasteiger partial charge in [-0.2, -0.15) is 5.10 Å². The maximum absolute atomic E-state index is 11.8. The molecule has 0 saturated carbocycles. The van der Waals surface area contributed by atoms with Gasteiger partial charge in [0.15, 0.2) is 0 Å². The third-order valence-electron chi connectivity index (χ3n) is 5.21. The number of fused-ring (bicyclic) bond motifs is 1. The van der Waals surface area contributed by atoms with Gasteiger partial charge in [0, 0.05) is 49.9 Å². The molecule has 164 valence electrons. The number of imidazole rings is 1. The van der Waals surface area contributed by atoms with E-state index >= 15 is 0 Å². The summed E-state index contributed by atoms with van der Waals surface area (Å²) in [5, 5.41) is 12.9. The molecule has 5 aromatic rings. The molecule has 9 heteroatoms. The number of benzene rings is 2. The molecule has 9 nitrogen and oxygen atoms in total. The number of pyridine rings is 1. The SMILES string of the molecule is CNC(=O)c1cc(Oc2ccc3c(c2)nc(Nc2cccc(-c4ccn[nH]4)c2)n3C)ccn1. The van der Waals surface area contributed by atoms with E-state index in [0.29, 0.717) is 17.4 Å². The highest BCUT2D eigenvalue weighted by atomic mass is 16.5. The molecule has 0 spiro atoms. The van der Waals surface area contributed by atoms with Crippen LogP contribution in [-0.2, 0) is 7.05 Å². The average molecular weight is 439 g/mol. The third-order valence-corrected chi connectivity index (χ3v) is 5.21. The summed E-state index contributed by atoms with van der Waals surface area (Å²) in [4.78, 5) is 20.6. The molecule has 1 amide bonds. The number of carbonyl (C=O) groups is 1. The molecule has 3 heterocycles. The maximum atomic E-state index is 11.8. The second kappa shape index (κ2) is 8.46. The lowest BCUT2D eigenvalue weighted by molar-refractivity contribution is 0.0958. The summed E-state index contributed by atoms with van der Waals surface area (Å²) in [6, 6.07) is 18.9. The van der Waals surface area contributed by atoms with Gasteiger partial charge in [-0.3, -0.25) is 14.9 Å². The minimum Gasteiger partial charge on any atom is -0.457 e. The normalized spacial score (nSPS) is 10.8. The zero-order valence-corrected chi connectivity index (χ0v) is 18.0. The minimum atomic E-state index is -0.270. The van der Waals surface area contributed by atoms with Crippen LogP contribution in [0.25, 0.3) is 22.3 Å². The molecule has 0 fully saturated rings. The Labute approximate surface area is 189 Å². The monoisotopic (exact) mass is 439 g/mol. The first-order valence-corrected chi connectivity index (χ1v) is 10.3. The van der Waals surface area contributed by atoms with Gasteiger partial charge in [-0.05, 0) is 36.4 Å². The Morgan fingerprint density at radius 3 is 2.73 bits per heavy atom. The summed E-state index contributed by atoms with van der Waals surface area (Å²) < 4.78 is 7.93. The summed E-state index contributed by atoms with van der Waals surface area (Å²) in [5.74, 6) is 1.57. The maximum Gasteiger partial charge on any atom is 0.269 e. The smallest absolute Gasteiger partial charge is 0.269 e. The zero-order chi connectivity index (χ0) is 22.8. The number of anilines is 2. The second-order valence-corrected chi connectivity index (χ2v) is 7.38. The molecule has 0 bridgehead atoms. The van der Waals surface area contributed by atoms with Crippen LogP contribution in [0, 0.1) is 0 Å². The lowest BCUT2D eigenvalue weighted by Crippen LogP contribution is -2.18. The van der Waals surface area contributed by atoms with E-state index in [2.05, 4.69) is 25.8 Å². The summed E-state index contributed by atoms with van der Waals surface area (Å²) in [6.07, 6.45) is 3.27. The fraction of sp³-hybridized carbons (Fsp3) is 0.0833. The van der Waals surface area contributed by atoms with Gasteiger partial charge in [0.25, 0.3) is 5.91 Å². The van der Waals surface area contributed by atoms with Crippen molar-refractivity contribution in [1.29, 1.82) is 0 Å². The number of amides is 1. The highest BCUT2D eigenvalue weighted by Crippen LogP contribution is 2.29. The number of nitrogens with one attached hydrogen (secondary N) is 3. The predicted octanol–water partition coefficient (Wildman–Crippen LogP) is 4.25. The van der Waals surface area contributed by atoms with E-state index in [4.69, 9.17) is 9.72 Å².